The Hall–Kier alpha value is -1.63. The summed E-state index contributed by atoms with van der Waals surface area (Å²) in [4.78, 5) is 19.2. The third-order valence-electron chi connectivity index (χ3n) is 3.56. The van der Waals surface area contributed by atoms with Crippen LogP contribution in [0.25, 0.3) is 0 Å². The summed E-state index contributed by atoms with van der Waals surface area (Å²) in [5, 5.41) is 4.02. The Bertz CT molecular complexity index is 689. The van der Waals surface area contributed by atoms with Gasteiger partial charge < -0.3 is 4.74 Å². The number of hydrogen-bond acceptors (Lipinski definition) is 5. The summed E-state index contributed by atoms with van der Waals surface area (Å²) in [6, 6.07) is 7.90. The molecule has 1 amide bonds. The molecule has 1 aliphatic rings. The number of amides is 1. The van der Waals surface area contributed by atoms with Crippen LogP contribution in [-0.2, 0) is 24.2 Å². The maximum atomic E-state index is 11.2. The van der Waals surface area contributed by atoms with Gasteiger partial charge in [-0.15, -0.1) is 0 Å². The quantitative estimate of drug-likeness (QED) is 0.930. The number of aromatic nitrogens is 1. The van der Waals surface area contributed by atoms with Crippen molar-refractivity contribution in [2.75, 3.05) is 19.0 Å². The van der Waals surface area contributed by atoms with Crippen LogP contribution < -0.4 is 5.32 Å². The van der Waals surface area contributed by atoms with E-state index in [1.54, 1.807) is 0 Å². The van der Waals surface area contributed by atoms with Crippen molar-refractivity contribution in [3.05, 3.63) is 45.4 Å². The number of rotatable bonds is 3. The van der Waals surface area contributed by atoms with Crippen LogP contribution >= 0.6 is 22.9 Å². The van der Waals surface area contributed by atoms with E-state index in [0.717, 1.165) is 42.3 Å². The number of thiazole rings is 1. The molecule has 22 heavy (non-hydrogen) atoms. The first-order valence-corrected chi connectivity index (χ1v) is 8.14. The minimum absolute atomic E-state index is 0.487. The van der Waals surface area contributed by atoms with Gasteiger partial charge in [-0.1, -0.05) is 41.1 Å². The smallest absolute Gasteiger partial charge is 0.413 e. The average Bonchev–Trinajstić information content (AvgIpc) is 2.91. The van der Waals surface area contributed by atoms with Gasteiger partial charge >= 0.3 is 6.09 Å². The fourth-order valence-electron chi connectivity index (χ4n) is 2.44. The van der Waals surface area contributed by atoms with Crippen LogP contribution in [0.2, 0.25) is 5.02 Å². The van der Waals surface area contributed by atoms with Gasteiger partial charge in [-0.05, 0) is 11.6 Å². The van der Waals surface area contributed by atoms with E-state index < -0.39 is 6.09 Å². The second-order valence-corrected chi connectivity index (χ2v) is 6.55. The van der Waals surface area contributed by atoms with Crippen molar-refractivity contribution in [3.8, 4) is 0 Å². The standard InChI is InChI=1S/C15H16ClN3O2S/c1-21-15(20)18-14-17-12-6-7-19(9-13(12)22-14)8-10-4-2-3-5-11(10)16/h2-5H,6-9H2,1H3,(H,17,18,20). The van der Waals surface area contributed by atoms with Gasteiger partial charge in [0, 0.05) is 36.0 Å². The molecule has 1 aromatic heterocycles. The maximum Gasteiger partial charge on any atom is 0.413 e. The SMILES string of the molecule is COC(=O)Nc1nc2c(s1)CN(Cc1ccccc1Cl)CC2. The van der Waals surface area contributed by atoms with Gasteiger partial charge in [-0.3, -0.25) is 10.2 Å². The highest BCUT2D eigenvalue weighted by molar-refractivity contribution is 7.15. The molecule has 2 aromatic rings. The van der Waals surface area contributed by atoms with Crippen molar-refractivity contribution in [2.24, 2.45) is 0 Å². The van der Waals surface area contributed by atoms with Crippen LogP contribution in [0.4, 0.5) is 9.93 Å². The van der Waals surface area contributed by atoms with Gasteiger partial charge in [-0.25, -0.2) is 9.78 Å². The van der Waals surface area contributed by atoms with Crippen molar-refractivity contribution in [3.63, 3.8) is 0 Å². The van der Waals surface area contributed by atoms with Crippen LogP contribution in [0.1, 0.15) is 16.1 Å². The van der Waals surface area contributed by atoms with Crippen LogP contribution in [-0.4, -0.2) is 29.6 Å². The maximum absolute atomic E-state index is 11.2. The van der Waals surface area contributed by atoms with Crippen LogP contribution in [0.3, 0.4) is 0 Å². The lowest BCUT2D eigenvalue weighted by Crippen LogP contribution is -2.29. The largest absolute Gasteiger partial charge is 0.453 e. The molecule has 0 bridgehead atoms. The molecule has 0 radical (unpaired) electrons. The number of benzene rings is 1. The van der Waals surface area contributed by atoms with Crippen LogP contribution in [0, 0.1) is 0 Å². The van der Waals surface area contributed by atoms with E-state index in [2.05, 4.69) is 26.0 Å². The zero-order chi connectivity index (χ0) is 15.5. The molecule has 2 heterocycles. The molecule has 1 N–H and O–H groups in total. The second-order valence-electron chi connectivity index (χ2n) is 5.06. The number of fused-ring (bicyclic) bond motifs is 1. The lowest BCUT2D eigenvalue weighted by molar-refractivity contribution is 0.187. The van der Waals surface area contributed by atoms with Crippen molar-refractivity contribution < 1.29 is 9.53 Å². The van der Waals surface area contributed by atoms with E-state index in [1.807, 2.05) is 18.2 Å². The molecule has 0 aliphatic carbocycles. The third-order valence-corrected chi connectivity index (χ3v) is 4.92. The number of nitrogens with one attached hydrogen (secondary N) is 1. The molecule has 0 fully saturated rings. The zero-order valence-electron chi connectivity index (χ0n) is 12.1. The number of ether oxygens (including phenoxy) is 1. The minimum Gasteiger partial charge on any atom is -0.453 e. The van der Waals surface area contributed by atoms with Crippen LogP contribution in [0.15, 0.2) is 24.3 Å². The number of halogens is 1. The van der Waals surface area contributed by atoms with Crippen molar-refractivity contribution in [2.45, 2.75) is 19.5 Å². The molecule has 1 aromatic carbocycles. The molecular weight excluding hydrogens is 322 g/mol. The predicted octanol–water partition coefficient (Wildman–Crippen LogP) is 3.53. The van der Waals surface area contributed by atoms with E-state index >= 15 is 0 Å². The Morgan fingerprint density at radius 1 is 1.50 bits per heavy atom. The van der Waals surface area contributed by atoms with Crippen molar-refractivity contribution >= 4 is 34.2 Å². The molecular formula is C15H16ClN3O2S. The number of nitrogens with zero attached hydrogens (tertiary/aromatic N) is 2. The molecule has 0 atom stereocenters. The summed E-state index contributed by atoms with van der Waals surface area (Å²) in [5.41, 5.74) is 2.19. The molecule has 1 aliphatic heterocycles. The normalized spacial score (nSPS) is 14.5. The Kier molecular flexibility index (Phi) is 4.61. The van der Waals surface area contributed by atoms with E-state index in [0.29, 0.717) is 5.13 Å². The fourth-order valence-corrected chi connectivity index (χ4v) is 3.67. The molecule has 0 saturated heterocycles. The van der Waals surface area contributed by atoms with Crippen molar-refractivity contribution in [1.82, 2.24) is 9.88 Å². The van der Waals surface area contributed by atoms with E-state index in [-0.39, 0.29) is 0 Å². The van der Waals surface area contributed by atoms with Crippen LogP contribution in [0.5, 0.6) is 0 Å². The third kappa shape index (κ3) is 3.40. The van der Waals surface area contributed by atoms with E-state index in [9.17, 15) is 4.79 Å². The molecule has 7 heteroatoms. The Morgan fingerprint density at radius 2 is 2.32 bits per heavy atom. The molecule has 0 unspecified atom stereocenters. The van der Waals surface area contributed by atoms with Crippen molar-refractivity contribution in [1.29, 1.82) is 0 Å². The highest BCUT2D eigenvalue weighted by Crippen LogP contribution is 2.29. The topological polar surface area (TPSA) is 54.5 Å². The Morgan fingerprint density at radius 3 is 3.09 bits per heavy atom. The first-order valence-electron chi connectivity index (χ1n) is 6.95. The highest BCUT2D eigenvalue weighted by atomic mass is 35.5. The molecule has 0 spiro atoms. The van der Waals surface area contributed by atoms with Gasteiger partial charge in [0.25, 0.3) is 0 Å². The van der Waals surface area contributed by atoms with Gasteiger partial charge in [0.2, 0.25) is 0 Å². The lowest BCUT2D eigenvalue weighted by Gasteiger charge is -2.26. The number of methoxy groups -OCH3 is 1. The van der Waals surface area contributed by atoms with E-state index in [1.165, 1.54) is 23.3 Å². The summed E-state index contributed by atoms with van der Waals surface area (Å²) in [7, 11) is 1.34. The molecule has 3 rings (SSSR count). The Labute approximate surface area is 137 Å². The average molecular weight is 338 g/mol. The molecule has 0 saturated carbocycles. The summed E-state index contributed by atoms with van der Waals surface area (Å²) in [6.45, 7) is 2.57. The lowest BCUT2D eigenvalue weighted by atomic mass is 10.1. The number of carbonyl (C=O) groups is 1. The monoisotopic (exact) mass is 337 g/mol. The van der Waals surface area contributed by atoms with Gasteiger partial charge in [0.05, 0.1) is 12.8 Å². The summed E-state index contributed by atoms with van der Waals surface area (Å²) < 4.78 is 4.59. The second kappa shape index (κ2) is 6.64. The zero-order valence-corrected chi connectivity index (χ0v) is 13.7. The number of hydrogen-bond donors (Lipinski definition) is 1. The van der Waals surface area contributed by atoms with Gasteiger partial charge in [0.1, 0.15) is 0 Å². The first-order chi connectivity index (χ1) is 10.7. The van der Waals surface area contributed by atoms with E-state index in [4.69, 9.17) is 11.6 Å². The summed E-state index contributed by atoms with van der Waals surface area (Å²) in [6.07, 6.45) is 0.387. The van der Waals surface area contributed by atoms with Gasteiger partial charge in [-0.2, -0.15) is 0 Å². The summed E-state index contributed by atoms with van der Waals surface area (Å²) >= 11 is 7.72. The highest BCUT2D eigenvalue weighted by Gasteiger charge is 2.22. The fraction of sp³-hybridized carbons (Fsp3) is 0.333. The minimum atomic E-state index is -0.487. The summed E-state index contributed by atoms with van der Waals surface area (Å²) in [5.74, 6) is 0. The number of carbonyl (C=O) groups excluding carboxylic acids is 1. The molecule has 116 valence electrons. The predicted molar refractivity (Wildman–Crippen MR) is 87.4 cm³/mol. The number of anilines is 1. The first kappa shape index (κ1) is 15.3. The van der Waals surface area contributed by atoms with Gasteiger partial charge in [0.15, 0.2) is 5.13 Å². The Balaban J connectivity index is 1.68. The molecule has 5 nitrogen and oxygen atoms in total.